The van der Waals surface area contributed by atoms with E-state index in [1.807, 2.05) is 6.07 Å². The Morgan fingerprint density at radius 3 is 2.50 bits per heavy atom. The van der Waals surface area contributed by atoms with Crippen molar-refractivity contribution < 1.29 is 14.3 Å². The monoisotopic (exact) mass is 349 g/mol. The molecule has 0 bridgehead atoms. The minimum Gasteiger partial charge on any atom is -0.493 e. The molecule has 4 nitrogen and oxygen atoms in total. The summed E-state index contributed by atoms with van der Waals surface area (Å²) in [7, 11) is 1.51. The fourth-order valence-corrected chi connectivity index (χ4v) is 2.49. The first-order chi connectivity index (χ1) is 12.5. The molecule has 2 rings (SSSR count). The van der Waals surface area contributed by atoms with Gasteiger partial charge in [0.1, 0.15) is 0 Å². The molecule has 2 aromatic carbocycles. The second kappa shape index (κ2) is 9.43. The smallest absolute Gasteiger partial charge is 0.311 e. The van der Waals surface area contributed by atoms with Gasteiger partial charge in [0.05, 0.1) is 13.2 Å². The van der Waals surface area contributed by atoms with Crippen LogP contribution in [0.1, 0.15) is 42.9 Å². The lowest BCUT2D eigenvalue weighted by atomic mass is 10.0. The fourth-order valence-electron chi connectivity index (χ4n) is 2.49. The van der Waals surface area contributed by atoms with Crippen LogP contribution >= 0.6 is 0 Å². The first-order valence-electron chi connectivity index (χ1n) is 8.57. The largest absolute Gasteiger partial charge is 0.493 e. The van der Waals surface area contributed by atoms with Gasteiger partial charge in [-0.1, -0.05) is 44.2 Å². The van der Waals surface area contributed by atoms with Gasteiger partial charge < -0.3 is 9.47 Å². The molecule has 0 saturated carbocycles. The lowest BCUT2D eigenvalue weighted by Crippen LogP contribution is -2.10. The number of allylic oxidation sites excluding steroid dienone is 1. The molecule has 26 heavy (non-hydrogen) atoms. The Morgan fingerprint density at radius 2 is 1.88 bits per heavy atom. The van der Waals surface area contributed by atoms with Crippen LogP contribution in [0.5, 0.6) is 11.5 Å². The highest BCUT2D eigenvalue weighted by Crippen LogP contribution is 2.29. The van der Waals surface area contributed by atoms with Crippen LogP contribution in [0.15, 0.2) is 48.5 Å². The summed E-state index contributed by atoms with van der Waals surface area (Å²) in [6.45, 7) is 4.31. The molecule has 0 unspecified atom stereocenters. The Hall–Kier alpha value is -3.06. The normalized spacial score (nSPS) is 10.7. The SMILES string of the molecule is COc1cc(/C=C\C#N)ccc1OC(=O)CCc1ccc(C(C)C)cc1. The van der Waals surface area contributed by atoms with E-state index < -0.39 is 0 Å². The van der Waals surface area contributed by atoms with Crippen molar-refractivity contribution >= 4 is 12.0 Å². The van der Waals surface area contributed by atoms with Gasteiger partial charge in [-0.2, -0.15) is 5.26 Å². The highest BCUT2D eigenvalue weighted by molar-refractivity contribution is 5.74. The summed E-state index contributed by atoms with van der Waals surface area (Å²) in [5, 5.41) is 8.59. The zero-order valence-electron chi connectivity index (χ0n) is 15.4. The summed E-state index contributed by atoms with van der Waals surface area (Å²) in [6.07, 6.45) is 3.96. The highest BCUT2D eigenvalue weighted by Gasteiger charge is 2.11. The van der Waals surface area contributed by atoms with Crippen LogP contribution in [0.4, 0.5) is 0 Å². The number of nitrogens with zero attached hydrogens (tertiary/aromatic N) is 1. The van der Waals surface area contributed by atoms with E-state index in [4.69, 9.17) is 14.7 Å². The molecule has 0 aliphatic rings. The molecule has 0 saturated heterocycles. The topological polar surface area (TPSA) is 59.3 Å². The van der Waals surface area contributed by atoms with E-state index in [1.165, 1.54) is 18.7 Å². The third-order valence-corrected chi connectivity index (χ3v) is 4.03. The quantitative estimate of drug-likeness (QED) is 0.405. The molecule has 134 valence electrons. The molecular formula is C22H23NO3. The molecule has 2 aromatic rings. The van der Waals surface area contributed by atoms with Crippen molar-refractivity contribution in [2.75, 3.05) is 7.11 Å². The van der Waals surface area contributed by atoms with Crippen LogP contribution in [-0.4, -0.2) is 13.1 Å². The van der Waals surface area contributed by atoms with Crippen molar-refractivity contribution in [3.8, 4) is 17.6 Å². The predicted molar refractivity (Wildman–Crippen MR) is 102 cm³/mol. The van der Waals surface area contributed by atoms with Gasteiger partial charge in [0.15, 0.2) is 11.5 Å². The first kappa shape index (κ1) is 19.3. The van der Waals surface area contributed by atoms with Crippen LogP contribution in [-0.2, 0) is 11.2 Å². The molecule has 0 aromatic heterocycles. The Bertz CT molecular complexity index is 814. The Morgan fingerprint density at radius 1 is 1.15 bits per heavy atom. The summed E-state index contributed by atoms with van der Waals surface area (Å²) in [4.78, 5) is 12.2. The number of nitriles is 1. The average Bonchev–Trinajstić information content (AvgIpc) is 2.65. The number of carbonyl (C=O) groups is 1. The van der Waals surface area contributed by atoms with Crippen LogP contribution < -0.4 is 9.47 Å². The second-order valence-corrected chi connectivity index (χ2v) is 6.24. The summed E-state index contributed by atoms with van der Waals surface area (Å²) in [6, 6.07) is 15.4. The number of ether oxygens (including phenoxy) is 2. The van der Waals surface area contributed by atoms with E-state index in [0.717, 1.165) is 11.1 Å². The number of hydrogen-bond donors (Lipinski definition) is 0. The van der Waals surface area contributed by atoms with Gasteiger partial charge in [0.25, 0.3) is 0 Å². The number of aryl methyl sites for hydroxylation is 1. The van der Waals surface area contributed by atoms with Crippen LogP contribution in [0.3, 0.4) is 0 Å². The summed E-state index contributed by atoms with van der Waals surface area (Å²) in [5.74, 6) is 1.02. The highest BCUT2D eigenvalue weighted by atomic mass is 16.6. The third kappa shape index (κ3) is 5.49. The van der Waals surface area contributed by atoms with Crippen LogP contribution in [0.2, 0.25) is 0 Å². The molecule has 0 heterocycles. The Kier molecular flexibility index (Phi) is 6.99. The standard InChI is InChI=1S/C22H23NO3/c1-16(2)19-10-6-17(7-11-19)9-13-22(24)26-20-12-8-18(5-4-14-23)15-21(20)25-3/h4-8,10-12,15-16H,9,13H2,1-3H3/b5-4-. The number of benzene rings is 2. The van der Waals surface area contributed by atoms with Gasteiger partial charge >= 0.3 is 5.97 Å². The predicted octanol–water partition coefficient (Wildman–Crippen LogP) is 4.89. The molecule has 0 aliphatic carbocycles. The second-order valence-electron chi connectivity index (χ2n) is 6.24. The molecule has 0 spiro atoms. The molecule has 0 amide bonds. The van der Waals surface area contributed by atoms with E-state index in [9.17, 15) is 4.79 Å². The zero-order valence-corrected chi connectivity index (χ0v) is 15.4. The molecule has 4 heteroatoms. The molecule has 0 fully saturated rings. The van der Waals surface area contributed by atoms with E-state index in [1.54, 1.807) is 24.3 Å². The Labute approximate surface area is 154 Å². The molecule has 0 aliphatic heterocycles. The van der Waals surface area contributed by atoms with E-state index in [2.05, 4.69) is 38.1 Å². The van der Waals surface area contributed by atoms with Crippen molar-refractivity contribution in [2.24, 2.45) is 0 Å². The lowest BCUT2D eigenvalue weighted by molar-refractivity contribution is -0.134. The third-order valence-electron chi connectivity index (χ3n) is 4.03. The maximum atomic E-state index is 12.2. The van der Waals surface area contributed by atoms with Gasteiger partial charge in [0, 0.05) is 12.5 Å². The maximum Gasteiger partial charge on any atom is 0.311 e. The fraction of sp³-hybridized carbons (Fsp3) is 0.273. The molecule has 0 atom stereocenters. The van der Waals surface area contributed by atoms with Gasteiger partial charge in [0.2, 0.25) is 0 Å². The minimum atomic E-state index is -0.309. The van der Waals surface area contributed by atoms with Gasteiger partial charge in [-0.3, -0.25) is 4.79 Å². The minimum absolute atomic E-state index is 0.292. The molecule has 0 radical (unpaired) electrons. The zero-order chi connectivity index (χ0) is 18.9. The van der Waals surface area contributed by atoms with Crippen LogP contribution in [0.25, 0.3) is 6.08 Å². The Balaban J connectivity index is 1.96. The maximum absolute atomic E-state index is 12.2. The van der Waals surface area contributed by atoms with E-state index in [0.29, 0.717) is 30.3 Å². The van der Waals surface area contributed by atoms with Gasteiger partial charge in [-0.05, 0) is 47.2 Å². The summed E-state index contributed by atoms with van der Waals surface area (Å²) in [5.41, 5.74) is 3.19. The van der Waals surface area contributed by atoms with Crippen molar-refractivity contribution in [1.82, 2.24) is 0 Å². The van der Waals surface area contributed by atoms with Gasteiger partial charge in [-0.15, -0.1) is 0 Å². The average molecular weight is 349 g/mol. The van der Waals surface area contributed by atoms with Crippen molar-refractivity contribution in [3.63, 3.8) is 0 Å². The number of esters is 1. The van der Waals surface area contributed by atoms with Crippen LogP contribution in [0, 0.1) is 11.3 Å². The van der Waals surface area contributed by atoms with Crippen molar-refractivity contribution in [2.45, 2.75) is 32.6 Å². The summed E-state index contributed by atoms with van der Waals surface area (Å²) >= 11 is 0. The van der Waals surface area contributed by atoms with Crippen molar-refractivity contribution in [1.29, 1.82) is 5.26 Å². The van der Waals surface area contributed by atoms with Gasteiger partial charge in [-0.25, -0.2) is 0 Å². The van der Waals surface area contributed by atoms with E-state index in [-0.39, 0.29) is 5.97 Å². The molecule has 0 N–H and O–H groups in total. The summed E-state index contributed by atoms with van der Waals surface area (Å²) < 4.78 is 10.7. The lowest BCUT2D eigenvalue weighted by Gasteiger charge is -2.10. The van der Waals surface area contributed by atoms with E-state index >= 15 is 0 Å². The number of hydrogen-bond acceptors (Lipinski definition) is 4. The van der Waals surface area contributed by atoms with Crippen molar-refractivity contribution in [3.05, 3.63) is 65.2 Å². The first-order valence-corrected chi connectivity index (χ1v) is 8.57. The number of carbonyl (C=O) groups excluding carboxylic acids is 1. The number of rotatable bonds is 7. The molecular weight excluding hydrogens is 326 g/mol. The number of methoxy groups -OCH3 is 1.